The number of carbonyl (C=O) groups excluding carboxylic acids is 1. The normalized spacial score (nSPS) is 14.3. The number of carbonyl (C=O) groups is 1. The highest BCUT2D eigenvalue weighted by atomic mass is 16.5. The van der Waals surface area contributed by atoms with Crippen molar-refractivity contribution in [2.75, 3.05) is 18.6 Å². The van der Waals surface area contributed by atoms with Crippen LogP contribution in [0.5, 0.6) is 11.5 Å². The summed E-state index contributed by atoms with van der Waals surface area (Å²) in [6.45, 7) is 2.69. The first-order valence-corrected chi connectivity index (χ1v) is 7.93. The van der Waals surface area contributed by atoms with Crippen LogP contribution in [-0.2, 0) is 11.2 Å². The number of para-hydroxylation sites is 1. The Kier molecular flexibility index (Phi) is 4.51. The lowest BCUT2D eigenvalue weighted by Crippen LogP contribution is -2.41. The lowest BCUT2D eigenvalue weighted by atomic mass is 10.2. The van der Waals surface area contributed by atoms with E-state index < -0.39 is 6.10 Å². The fourth-order valence-electron chi connectivity index (χ4n) is 2.87. The van der Waals surface area contributed by atoms with E-state index in [9.17, 15) is 4.79 Å². The molecule has 0 spiro atoms. The molecule has 0 unspecified atom stereocenters. The van der Waals surface area contributed by atoms with Gasteiger partial charge in [-0.1, -0.05) is 25.1 Å². The zero-order valence-corrected chi connectivity index (χ0v) is 13.5. The molecule has 1 aliphatic rings. The maximum Gasteiger partial charge on any atom is 0.268 e. The van der Waals surface area contributed by atoms with E-state index in [1.807, 2.05) is 54.3 Å². The Morgan fingerprint density at radius 2 is 1.83 bits per heavy atom. The van der Waals surface area contributed by atoms with Gasteiger partial charge in [0.15, 0.2) is 6.10 Å². The first-order chi connectivity index (χ1) is 11.2. The highest BCUT2D eigenvalue weighted by molar-refractivity contribution is 5.98. The molecule has 4 nitrogen and oxygen atoms in total. The maximum atomic E-state index is 12.8. The summed E-state index contributed by atoms with van der Waals surface area (Å²) in [7, 11) is 1.62. The topological polar surface area (TPSA) is 38.8 Å². The number of methoxy groups -OCH3 is 1. The monoisotopic (exact) mass is 311 g/mol. The zero-order valence-electron chi connectivity index (χ0n) is 13.5. The van der Waals surface area contributed by atoms with Gasteiger partial charge in [0.1, 0.15) is 11.5 Å². The van der Waals surface area contributed by atoms with E-state index in [0.717, 1.165) is 24.4 Å². The van der Waals surface area contributed by atoms with Crippen LogP contribution >= 0.6 is 0 Å². The summed E-state index contributed by atoms with van der Waals surface area (Å²) < 4.78 is 11.0. The molecule has 0 bridgehead atoms. The number of anilines is 1. The van der Waals surface area contributed by atoms with Crippen molar-refractivity contribution < 1.29 is 14.3 Å². The van der Waals surface area contributed by atoms with Gasteiger partial charge in [0.2, 0.25) is 0 Å². The van der Waals surface area contributed by atoms with Gasteiger partial charge in [0.05, 0.1) is 7.11 Å². The van der Waals surface area contributed by atoms with Gasteiger partial charge in [-0.2, -0.15) is 0 Å². The van der Waals surface area contributed by atoms with Crippen LogP contribution in [0.3, 0.4) is 0 Å². The average Bonchev–Trinajstić information content (AvgIpc) is 3.03. The minimum atomic E-state index is -0.477. The first-order valence-electron chi connectivity index (χ1n) is 7.93. The van der Waals surface area contributed by atoms with Crippen molar-refractivity contribution in [1.29, 1.82) is 0 Å². The first kappa shape index (κ1) is 15.4. The van der Waals surface area contributed by atoms with Crippen LogP contribution in [-0.4, -0.2) is 25.7 Å². The predicted octanol–water partition coefficient (Wildman–Crippen LogP) is 3.44. The summed E-state index contributed by atoms with van der Waals surface area (Å²) in [6, 6.07) is 15.4. The molecule has 0 aliphatic carbocycles. The van der Waals surface area contributed by atoms with Crippen LogP contribution < -0.4 is 14.4 Å². The molecule has 2 aromatic carbocycles. The zero-order chi connectivity index (χ0) is 16.2. The van der Waals surface area contributed by atoms with Crippen LogP contribution in [0.15, 0.2) is 48.5 Å². The minimum absolute atomic E-state index is 0.0215. The Bertz CT molecular complexity index is 681. The molecule has 1 heterocycles. The molecule has 120 valence electrons. The maximum absolute atomic E-state index is 12.8. The Morgan fingerprint density at radius 1 is 1.13 bits per heavy atom. The standard InChI is InChI=1S/C19H21NO3/c1-3-18(23-16-10-8-15(22-2)9-11-16)19(21)20-13-12-14-6-4-5-7-17(14)20/h4-11,18H,3,12-13H2,1-2H3/t18-/m0/s1. The molecule has 3 rings (SSSR count). The summed E-state index contributed by atoms with van der Waals surface area (Å²) in [5, 5.41) is 0. The summed E-state index contributed by atoms with van der Waals surface area (Å²) in [5.41, 5.74) is 2.23. The van der Waals surface area contributed by atoms with E-state index in [-0.39, 0.29) is 5.91 Å². The van der Waals surface area contributed by atoms with Crippen molar-refractivity contribution in [3.8, 4) is 11.5 Å². The molecule has 0 N–H and O–H groups in total. The molecular formula is C19H21NO3. The van der Waals surface area contributed by atoms with Crippen LogP contribution in [0.2, 0.25) is 0 Å². The van der Waals surface area contributed by atoms with Gasteiger partial charge in [-0.15, -0.1) is 0 Å². The number of nitrogens with zero attached hydrogens (tertiary/aromatic N) is 1. The van der Waals surface area contributed by atoms with Crippen molar-refractivity contribution in [2.24, 2.45) is 0 Å². The molecule has 1 aliphatic heterocycles. The lowest BCUT2D eigenvalue weighted by molar-refractivity contribution is -0.125. The third-order valence-electron chi connectivity index (χ3n) is 4.14. The van der Waals surface area contributed by atoms with Crippen molar-refractivity contribution in [3.63, 3.8) is 0 Å². The average molecular weight is 311 g/mol. The fourth-order valence-corrected chi connectivity index (χ4v) is 2.87. The molecule has 0 radical (unpaired) electrons. The minimum Gasteiger partial charge on any atom is -0.497 e. The number of hydrogen-bond acceptors (Lipinski definition) is 3. The number of ether oxygens (including phenoxy) is 2. The van der Waals surface area contributed by atoms with E-state index in [0.29, 0.717) is 12.2 Å². The van der Waals surface area contributed by atoms with Gasteiger partial charge in [-0.25, -0.2) is 0 Å². The Morgan fingerprint density at radius 3 is 2.52 bits per heavy atom. The van der Waals surface area contributed by atoms with Crippen molar-refractivity contribution >= 4 is 11.6 Å². The van der Waals surface area contributed by atoms with Crippen LogP contribution in [0.4, 0.5) is 5.69 Å². The van der Waals surface area contributed by atoms with Crippen molar-refractivity contribution in [3.05, 3.63) is 54.1 Å². The Balaban J connectivity index is 1.74. The van der Waals surface area contributed by atoms with E-state index in [1.54, 1.807) is 7.11 Å². The summed E-state index contributed by atoms with van der Waals surface area (Å²) in [6.07, 6.45) is 1.05. The molecule has 2 aromatic rings. The molecule has 4 heteroatoms. The molecular weight excluding hydrogens is 290 g/mol. The highest BCUT2D eigenvalue weighted by Gasteiger charge is 2.30. The van der Waals surface area contributed by atoms with E-state index >= 15 is 0 Å². The summed E-state index contributed by atoms with van der Waals surface area (Å²) in [5.74, 6) is 1.47. The van der Waals surface area contributed by atoms with Gasteiger partial charge >= 0.3 is 0 Å². The van der Waals surface area contributed by atoms with Crippen molar-refractivity contribution in [2.45, 2.75) is 25.9 Å². The molecule has 0 fully saturated rings. The third-order valence-corrected chi connectivity index (χ3v) is 4.14. The Labute approximate surface area is 136 Å². The SMILES string of the molecule is CC[C@H](Oc1ccc(OC)cc1)C(=O)N1CCc2ccccc21. The second-order valence-electron chi connectivity index (χ2n) is 5.56. The lowest BCUT2D eigenvalue weighted by Gasteiger charge is -2.24. The smallest absolute Gasteiger partial charge is 0.268 e. The highest BCUT2D eigenvalue weighted by Crippen LogP contribution is 2.29. The fraction of sp³-hybridized carbons (Fsp3) is 0.316. The molecule has 0 aromatic heterocycles. The molecule has 1 amide bonds. The molecule has 1 atom stereocenters. The molecule has 0 saturated carbocycles. The van der Waals surface area contributed by atoms with E-state index in [1.165, 1.54) is 5.56 Å². The number of fused-ring (bicyclic) bond motifs is 1. The summed E-state index contributed by atoms with van der Waals surface area (Å²) in [4.78, 5) is 14.7. The Hall–Kier alpha value is -2.49. The van der Waals surface area contributed by atoms with Gasteiger partial charge in [-0.05, 0) is 48.7 Å². The second kappa shape index (κ2) is 6.73. The predicted molar refractivity (Wildman–Crippen MR) is 90.2 cm³/mol. The number of amides is 1. The van der Waals surface area contributed by atoms with Gasteiger partial charge < -0.3 is 14.4 Å². The molecule has 23 heavy (non-hydrogen) atoms. The van der Waals surface area contributed by atoms with Crippen molar-refractivity contribution in [1.82, 2.24) is 0 Å². The van der Waals surface area contributed by atoms with E-state index in [2.05, 4.69) is 6.07 Å². The number of benzene rings is 2. The number of rotatable bonds is 5. The van der Waals surface area contributed by atoms with Gasteiger partial charge in [-0.3, -0.25) is 4.79 Å². The van der Waals surface area contributed by atoms with Crippen LogP contribution in [0.1, 0.15) is 18.9 Å². The van der Waals surface area contributed by atoms with Crippen LogP contribution in [0.25, 0.3) is 0 Å². The largest absolute Gasteiger partial charge is 0.497 e. The van der Waals surface area contributed by atoms with Crippen LogP contribution in [0, 0.1) is 0 Å². The second-order valence-corrected chi connectivity index (χ2v) is 5.56. The van der Waals surface area contributed by atoms with Gasteiger partial charge in [0.25, 0.3) is 5.91 Å². The van der Waals surface area contributed by atoms with E-state index in [4.69, 9.17) is 9.47 Å². The van der Waals surface area contributed by atoms with Gasteiger partial charge in [0, 0.05) is 12.2 Å². The quantitative estimate of drug-likeness (QED) is 0.849. The molecule has 0 saturated heterocycles. The number of hydrogen-bond donors (Lipinski definition) is 0. The summed E-state index contributed by atoms with van der Waals surface area (Å²) >= 11 is 0. The third kappa shape index (κ3) is 3.16.